The molecule has 4 nitrogen and oxygen atoms in total. The van der Waals surface area contributed by atoms with Crippen LogP contribution in [0.4, 0.5) is 0 Å². The number of nitrogens with zero attached hydrogens (tertiary/aromatic N) is 1. The van der Waals surface area contributed by atoms with Crippen LogP contribution in [-0.2, 0) is 16.7 Å². The summed E-state index contributed by atoms with van der Waals surface area (Å²) in [5, 5.41) is 7.02. The Morgan fingerprint density at radius 3 is 2.44 bits per heavy atom. The van der Waals surface area contributed by atoms with Crippen molar-refractivity contribution in [2.75, 3.05) is 26.8 Å². The summed E-state index contributed by atoms with van der Waals surface area (Å²) in [5.74, 6) is 0.844. The first kappa shape index (κ1) is 19.4. The largest absolute Gasteiger partial charge is 0.381 e. The van der Waals surface area contributed by atoms with E-state index < -0.39 is 0 Å². The Balaban J connectivity index is 1.65. The fourth-order valence-electron chi connectivity index (χ4n) is 3.82. The Morgan fingerprint density at radius 2 is 1.78 bits per heavy atom. The first-order valence-corrected chi connectivity index (χ1v) is 9.77. The normalized spacial score (nSPS) is 16.8. The summed E-state index contributed by atoms with van der Waals surface area (Å²) in [4.78, 5) is 4.42. The monoisotopic (exact) mass is 365 g/mol. The number of aryl methyl sites for hydroxylation is 2. The smallest absolute Gasteiger partial charge is 0.191 e. The molecule has 2 aromatic carbocycles. The highest BCUT2D eigenvalue weighted by Gasteiger charge is 2.34. The summed E-state index contributed by atoms with van der Waals surface area (Å²) < 4.78 is 5.63. The van der Waals surface area contributed by atoms with Gasteiger partial charge >= 0.3 is 0 Å². The van der Waals surface area contributed by atoms with Gasteiger partial charge in [0.25, 0.3) is 0 Å². The molecule has 0 unspecified atom stereocenters. The molecule has 1 fully saturated rings. The molecule has 1 heterocycles. The second-order valence-corrected chi connectivity index (χ2v) is 7.47. The van der Waals surface area contributed by atoms with Crippen LogP contribution < -0.4 is 10.6 Å². The third-order valence-electron chi connectivity index (χ3n) is 5.60. The lowest BCUT2D eigenvalue weighted by Crippen LogP contribution is -2.47. The average molecular weight is 366 g/mol. The molecule has 144 valence electrons. The summed E-state index contributed by atoms with van der Waals surface area (Å²) in [6, 6.07) is 17.4. The second-order valence-electron chi connectivity index (χ2n) is 7.47. The molecule has 0 radical (unpaired) electrons. The zero-order chi connectivity index (χ0) is 19.1. The van der Waals surface area contributed by atoms with Gasteiger partial charge in [0.1, 0.15) is 0 Å². The van der Waals surface area contributed by atoms with Crippen LogP contribution in [0.15, 0.2) is 53.5 Å². The molecule has 0 spiro atoms. The molecule has 0 bridgehead atoms. The molecule has 1 aliphatic heterocycles. The molecular weight excluding hydrogens is 334 g/mol. The van der Waals surface area contributed by atoms with Gasteiger partial charge < -0.3 is 15.4 Å². The highest BCUT2D eigenvalue weighted by molar-refractivity contribution is 5.79. The fourth-order valence-corrected chi connectivity index (χ4v) is 3.82. The maximum Gasteiger partial charge on any atom is 0.191 e. The summed E-state index contributed by atoms with van der Waals surface area (Å²) in [6.07, 6.45) is 2.05. The molecule has 4 heteroatoms. The lowest BCUT2D eigenvalue weighted by Gasteiger charge is -2.38. The molecular formula is C23H31N3O. The number of benzene rings is 2. The van der Waals surface area contributed by atoms with E-state index in [-0.39, 0.29) is 5.41 Å². The molecule has 0 aromatic heterocycles. The Labute approximate surface area is 163 Å². The van der Waals surface area contributed by atoms with E-state index in [9.17, 15) is 0 Å². The molecule has 0 atom stereocenters. The van der Waals surface area contributed by atoms with Crippen molar-refractivity contribution < 1.29 is 4.74 Å². The summed E-state index contributed by atoms with van der Waals surface area (Å²) in [5.41, 5.74) is 5.38. The SMILES string of the molecule is CN=C(NCc1ccc(C)cc1C)NCC1(c2ccccc2)CCOCC1. The Bertz CT molecular complexity index is 764. The lowest BCUT2D eigenvalue weighted by molar-refractivity contribution is 0.0514. The number of aliphatic imine (C=N–C) groups is 1. The molecule has 27 heavy (non-hydrogen) atoms. The van der Waals surface area contributed by atoms with Crippen LogP contribution in [0.25, 0.3) is 0 Å². The molecule has 3 rings (SSSR count). The van der Waals surface area contributed by atoms with Gasteiger partial charge in [-0.05, 0) is 43.4 Å². The minimum Gasteiger partial charge on any atom is -0.381 e. The molecule has 0 saturated carbocycles. The van der Waals surface area contributed by atoms with Crippen LogP contribution >= 0.6 is 0 Å². The van der Waals surface area contributed by atoms with Gasteiger partial charge in [0.05, 0.1) is 0 Å². The van der Waals surface area contributed by atoms with Crippen LogP contribution in [0, 0.1) is 13.8 Å². The zero-order valence-corrected chi connectivity index (χ0v) is 16.7. The number of nitrogens with one attached hydrogen (secondary N) is 2. The van der Waals surface area contributed by atoms with Crippen molar-refractivity contribution in [3.63, 3.8) is 0 Å². The maximum absolute atomic E-state index is 5.63. The number of rotatable bonds is 5. The fraction of sp³-hybridized carbons (Fsp3) is 0.435. The Morgan fingerprint density at radius 1 is 1.04 bits per heavy atom. The number of guanidine groups is 1. The quantitative estimate of drug-likeness (QED) is 0.627. The van der Waals surface area contributed by atoms with Gasteiger partial charge in [-0.25, -0.2) is 0 Å². The van der Waals surface area contributed by atoms with Crippen molar-refractivity contribution in [2.24, 2.45) is 4.99 Å². The van der Waals surface area contributed by atoms with Crippen LogP contribution in [0.1, 0.15) is 35.1 Å². The van der Waals surface area contributed by atoms with E-state index in [0.717, 1.165) is 45.1 Å². The van der Waals surface area contributed by atoms with Crippen molar-refractivity contribution in [1.82, 2.24) is 10.6 Å². The topological polar surface area (TPSA) is 45.7 Å². The third-order valence-corrected chi connectivity index (χ3v) is 5.60. The van der Waals surface area contributed by atoms with Crippen LogP contribution in [0.2, 0.25) is 0 Å². The minimum atomic E-state index is 0.0942. The first-order valence-electron chi connectivity index (χ1n) is 9.77. The molecule has 0 amide bonds. The van der Waals surface area contributed by atoms with Crippen molar-refractivity contribution in [1.29, 1.82) is 0 Å². The van der Waals surface area contributed by atoms with E-state index in [1.807, 2.05) is 7.05 Å². The van der Waals surface area contributed by atoms with E-state index in [1.54, 1.807) is 0 Å². The van der Waals surface area contributed by atoms with Crippen molar-refractivity contribution in [2.45, 2.75) is 38.6 Å². The van der Waals surface area contributed by atoms with Gasteiger partial charge in [-0.1, -0.05) is 54.1 Å². The number of hydrogen-bond acceptors (Lipinski definition) is 2. The van der Waals surface area contributed by atoms with Gasteiger partial charge in [0.2, 0.25) is 0 Å². The van der Waals surface area contributed by atoms with Gasteiger partial charge in [0, 0.05) is 38.8 Å². The van der Waals surface area contributed by atoms with Gasteiger partial charge in [0.15, 0.2) is 5.96 Å². The Kier molecular flexibility index (Phi) is 6.51. The Hall–Kier alpha value is -2.33. The van der Waals surface area contributed by atoms with Crippen LogP contribution in [0.3, 0.4) is 0 Å². The summed E-state index contributed by atoms with van der Waals surface area (Å²) >= 11 is 0. The molecule has 2 aromatic rings. The summed E-state index contributed by atoms with van der Waals surface area (Å²) in [7, 11) is 1.83. The predicted molar refractivity (Wildman–Crippen MR) is 112 cm³/mol. The molecule has 1 aliphatic rings. The summed E-state index contributed by atoms with van der Waals surface area (Å²) in [6.45, 7) is 7.53. The van der Waals surface area contributed by atoms with Crippen LogP contribution in [-0.4, -0.2) is 32.8 Å². The van der Waals surface area contributed by atoms with Crippen LogP contribution in [0.5, 0.6) is 0 Å². The molecule has 1 saturated heterocycles. The van der Waals surface area contributed by atoms with E-state index in [4.69, 9.17) is 4.74 Å². The van der Waals surface area contributed by atoms with E-state index in [0.29, 0.717) is 0 Å². The van der Waals surface area contributed by atoms with E-state index in [2.05, 4.69) is 78.0 Å². The number of ether oxygens (including phenoxy) is 1. The predicted octanol–water partition coefficient (Wildman–Crippen LogP) is 3.72. The van der Waals surface area contributed by atoms with Crippen molar-refractivity contribution in [3.05, 3.63) is 70.8 Å². The minimum absolute atomic E-state index is 0.0942. The molecule has 0 aliphatic carbocycles. The lowest BCUT2D eigenvalue weighted by atomic mass is 9.74. The average Bonchev–Trinajstić information content (AvgIpc) is 2.71. The zero-order valence-electron chi connectivity index (χ0n) is 16.7. The first-order chi connectivity index (χ1) is 13.1. The van der Waals surface area contributed by atoms with Gasteiger partial charge in [-0.3, -0.25) is 4.99 Å². The highest BCUT2D eigenvalue weighted by atomic mass is 16.5. The van der Waals surface area contributed by atoms with E-state index in [1.165, 1.54) is 22.3 Å². The maximum atomic E-state index is 5.63. The van der Waals surface area contributed by atoms with Gasteiger partial charge in [-0.15, -0.1) is 0 Å². The van der Waals surface area contributed by atoms with E-state index >= 15 is 0 Å². The third kappa shape index (κ3) is 4.89. The molecule has 2 N–H and O–H groups in total. The van der Waals surface area contributed by atoms with Crippen molar-refractivity contribution >= 4 is 5.96 Å². The van der Waals surface area contributed by atoms with Gasteiger partial charge in [-0.2, -0.15) is 0 Å². The highest BCUT2D eigenvalue weighted by Crippen LogP contribution is 2.34. The standard InChI is InChI=1S/C23H31N3O/c1-18-9-10-20(19(2)15-18)16-25-22(24-3)26-17-23(11-13-27-14-12-23)21-7-5-4-6-8-21/h4-10,15H,11-14,16-17H2,1-3H3,(H2,24,25,26). The number of hydrogen-bond donors (Lipinski definition) is 2. The van der Waals surface area contributed by atoms with Crippen molar-refractivity contribution in [3.8, 4) is 0 Å². The second kappa shape index (κ2) is 9.05.